The van der Waals surface area contributed by atoms with Crippen molar-refractivity contribution in [2.45, 2.75) is 38.8 Å². The van der Waals surface area contributed by atoms with Gasteiger partial charge in [-0.15, -0.1) is 0 Å². The first kappa shape index (κ1) is 12.5. The number of nitrogens with one attached hydrogen (secondary N) is 1. The van der Waals surface area contributed by atoms with Crippen LogP contribution in [0.25, 0.3) is 0 Å². The first-order valence-electron chi connectivity index (χ1n) is 6.36. The van der Waals surface area contributed by atoms with Crippen LogP contribution in [0.4, 0.5) is 0 Å². The van der Waals surface area contributed by atoms with Gasteiger partial charge in [0.05, 0.1) is 6.04 Å². The Morgan fingerprint density at radius 1 is 1.41 bits per heavy atom. The van der Waals surface area contributed by atoms with Crippen LogP contribution in [-0.2, 0) is 11.8 Å². The Labute approximate surface area is 103 Å². The number of aryl methyl sites for hydroxylation is 1. The van der Waals surface area contributed by atoms with Crippen LogP contribution in [0.1, 0.15) is 38.6 Å². The lowest BCUT2D eigenvalue weighted by molar-refractivity contribution is 0.0722. The van der Waals surface area contributed by atoms with E-state index in [0.717, 1.165) is 31.9 Å². The Balaban J connectivity index is 2.05. The second kappa shape index (κ2) is 5.60. The van der Waals surface area contributed by atoms with Gasteiger partial charge in [0, 0.05) is 26.3 Å². The molecule has 2 heterocycles. The highest BCUT2D eigenvalue weighted by atomic mass is 16.5. The summed E-state index contributed by atoms with van der Waals surface area (Å²) >= 11 is 0. The molecule has 1 saturated heterocycles. The van der Waals surface area contributed by atoms with E-state index >= 15 is 0 Å². The standard InChI is InChI=1S/C12H22N4O/c1-9(2)11(12-13-8-14-16(12)3)15-10-4-6-17-7-5-10/h8-11,15H,4-7H2,1-3H3/t11-/m1/s1. The molecule has 0 aliphatic carbocycles. The molecular formula is C12H22N4O. The highest BCUT2D eigenvalue weighted by Gasteiger charge is 2.24. The molecule has 17 heavy (non-hydrogen) atoms. The molecule has 0 saturated carbocycles. The quantitative estimate of drug-likeness (QED) is 0.858. The lowest BCUT2D eigenvalue weighted by Crippen LogP contribution is -2.40. The third-order valence-corrected chi connectivity index (χ3v) is 3.33. The maximum absolute atomic E-state index is 5.38. The van der Waals surface area contributed by atoms with Crippen LogP contribution in [0.3, 0.4) is 0 Å². The Bertz CT molecular complexity index is 344. The molecule has 2 rings (SSSR count). The van der Waals surface area contributed by atoms with E-state index in [1.54, 1.807) is 6.33 Å². The van der Waals surface area contributed by atoms with Crippen molar-refractivity contribution in [1.82, 2.24) is 20.1 Å². The summed E-state index contributed by atoms with van der Waals surface area (Å²) in [6, 6.07) is 0.804. The van der Waals surface area contributed by atoms with Crippen molar-refractivity contribution in [3.8, 4) is 0 Å². The van der Waals surface area contributed by atoms with Crippen molar-refractivity contribution in [2.75, 3.05) is 13.2 Å². The number of ether oxygens (including phenoxy) is 1. The lowest BCUT2D eigenvalue weighted by Gasteiger charge is -2.30. The molecule has 5 nitrogen and oxygen atoms in total. The molecule has 0 aromatic carbocycles. The number of nitrogens with zero attached hydrogens (tertiary/aromatic N) is 3. The molecule has 0 unspecified atom stereocenters. The van der Waals surface area contributed by atoms with Crippen molar-refractivity contribution in [3.05, 3.63) is 12.2 Å². The van der Waals surface area contributed by atoms with E-state index in [4.69, 9.17) is 4.74 Å². The van der Waals surface area contributed by atoms with E-state index in [1.165, 1.54) is 0 Å². The molecule has 5 heteroatoms. The van der Waals surface area contributed by atoms with Gasteiger partial charge in [0.1, 0.15) is 12.2 Å². The Kier molecular flexibility index (Phi) is 4.12. The zero-order valence-corrected chi connectivity index (χ0v) is 10.9. The second-order valence-corrected chi connectivity index (χ2v) is 5.02. The normalized spacial score (nSPS) is 19.8. The molecule has 1 aliphatic rings. The van der Waals surface area contributed by atoms with Gasteiger partial charge in [-0.05, 0) is 18.8 Å². The fourth-order valence-corrected chi connectivity index (χ4v) is 2.27. The largest absolute Gasteiger partial charge is 0.381 e. The Hall–Kier alpha value is -0.940. The van der Waals surface area contributed by atoms with Crippen molar-refractivity contribution in [3.63, 3.8) is 0 Å². The average Bonchev–Trinajstić information content (AvgIpc) is 2.73. The number of hydrogen-bond donors (Lipinski definition) is 1. The molecule has 1 aromatic heterocycles. The first-order chi connectivity index (χ1) is 8.18. The van der Waals surface area contributed by atoms with E-state index in [2.05, 4.69) is 29.2 Å². The minimum atomic E-state index is 0.269. The van der Waals surface area contributed by atoms with Crippen molar-refractivity contribution in [2.24, 2.45) is 13.0 Å². The lowest BCUT2D eigenvalue weighted by atomic mass is 10.00. The second-order valence-electron chi connectivity index (χ2n) is 5.02. The van der Waals surface area contributed by atoms with E-state index in [0.29, 0.717) is 12.0 Å². The van der Waals surface area contributed by atoms with Gasteiger partial charge in [-0.3, -0.25) is 4.68 Å². The maximum Gasteiger partial charge on any atom is 0.143 e. The van der Waals surface area contributed by atoms with Crippen LogP contribution in [0, 0.1) is 5.92 Å². The van der Waals surface area contributed by atoms with Crippen LogP contribution in [-0.4, -0.2) is 34.0 Å². The highest BCUT2D eigenvalue weighted by molar-refractivity contribution is 4.96. The fraction of sp³-hybridized carbons (Fsp3) is 0.833. The van der Waals surface area contributed by atoms with Gasteiger partial charge in [0.25, 0.3) is 0 Å². The minimum Gasteiger partial charge on any atom is -0.381 e. The van der Waals surface area contributed by atoms with Gasteiger partial charge in [-0.1, -0.05) is 13.8 Å². The summed E-state index contributed by atoms with van der Waals surface area (Å²) in [4.78, 5) is 4.36. The molecule has 1 atom stereocenters. The van der Waals surface area contributed by atoms with Gasteiger partial charge in [-0.2, -0.15) is 5.10 Å². The summed E-state index contributed by atoms with van der Waals surface area (Å²) in [5.41, 5.74) is 0. The summed E-state index contributed by atoms with van der Waals surface area (Å²) in [6.07, 6.45) is 3.79. The zero-order chi connectivity index (χ0) is 12.3. The number of hydrogen-bond acceptors (Lipinski definition) is 4. The first-order valence-corrected chi connectivity index (χ1v) is 6.36. The van der Waals surface area contributed by atoms with E-state index < -0.39 is 0 Å². The average molecular weight is 238 g/mol. The van der Waals surface area contributed by atoms with Crippen LogP contribution in [0.5, 0.6) is 0 Å². The van der Waals surface area contributed by atoms with Crippen molar-refractivity contribution < 1.29 is 4.74 Å². The number of rotatable bonds is 4. The smallest absolute Gasteiger partial charge is 0.143 e. The van der Waals surface area contributed by atoms with E-state index in [1.807, 2.05) is 11.7 Å². The van der Waals surface area contributed by atoms with E-state index in [-0.39, 0.29) is 6.04 Å². The van der Waals surface area contributed by atoms with Crippen LogP contribution in [0.15, 0.2) is 6.33 Å². The Morgan fingerprint density at radius 3 is 2.65 bits per heavy atom. The molecular weight excluding hydrogens is 216 g/mol. The monoisotopic (exact) mass is 238 g/mol. The van der Waals surface area contributed by atoms with Gasteiger partial charge in [0.15, 0.2) is 0 Å². The molecule has 0 bridgehead atoms. The van der Waals surface area contributed by atoms with Gasteiger partial charge in [-0.25, -0.2) is 4.98 Å². The predicted molar refractivity (Wildman–Crippen MR) is 65.6 cm³/mol. The third-order valence-electron chi connectivity index (χ3n) is 3.33. The minimum absolute atomic E-state index is 0.269. The van der Waals surface area contributed by atoms with E-state index in [9.17, 15) is 0 Å². The van der Waals surface area contributed by atoms with Gasteiger partial charge >= 0.3 is 0 Å². The summed E-state index contributed by atoms with van der Waals surface area (Å²) in [5.74, 6) is 1.52. The summed E-state index contributed by atoms with van der Waals surface area (Å²) in [5, 5.41) is 7.85. The van der Waals surface area contributed by atoms with Gasteiger partial charge < -0.3 is 10.1 Å². The molecule has 1 N–H and O–H groups in total. The molecule has 0 spiro atoms. The van der Waals surface area contributed by atoms with Crippen molar-refractivity contribution in [1.29, 1.82) is 0 Å². The molecule has 96 valence electrons. The van der Waals surface area contributed by atoms with Crippen LogP contribution in [0.2, 0.25) is 0 Å². The summed E-state index contributed by atoms with van der Waals surface area (Å²) in [7, 11) is 1.95. The SMILES string of the molecule is CC(C)[C@@H](NC1CCOCC1)c1ncnn1C. The Morgan fingerprint density at radius 2 is 2.12 bits per heavy atom. The molecule has 1 fully saturated rings. The summed E-state index contributed by atoms with van der Waals surface area (Å²) < 4.78 is 7.24. The molecule has 1 aliphatic heterocycles. The topological polar surface area (TPSA) is 52.0 Å². The fourth-order valence-electron chi connectivity index (χ4n) is 2.27. The van der Waals surface area contributed by atoms with Crippen LogP contribution >= 0.6 is 0 Å². The van der Waals surface area contributed by atoms with Crippen LogP contribution < -0.4 is 5.32 Å². The van der Waals surface area contributed by atoms with Crippen molar-refractivity contribution >= 4 is 0 Å². The maximum atomic E-state index is 5.38. The third kappa shape index (κ3) is 3.04. The molecule has 0 radical (unpaired) electrons. The molecule has 1 aromatic rings. The predicted octanol–water partition coefficient (Wildman–Crippen LogP) is 1.28. The summed E-state index contributed by atoms with van der Waals surface area (Å²) in [6.45, 7) is 6.15. The highest BCUT2D eigenvalue weighted by Crippen LogP contribution is 2.21. The molecule has 0 amide bonds. The zero-order valence-electron chi connectivity index (χ0n) is 10.9. The van der Waals surface area contributed by atoms with Gasteiger partial charge in [0.2, 0.25) is 0 Å². The number of aromatic nitrogens is 3.